The fraction of sp³-hybridized carbons (Fsp3) is 1.00. The summed E-state index contributed by atoms with van der Waals surface area (Å²) in [4.78, 5) is 0. The molecule has 0 bridgehead atoms. The molecule has 2 nitrogen and oxygen atoms in total. The molecular weight excluding hydrogens is 186 g/mol. The molecule has 0 spiro atoms. The number of hydrogen-bond acceptors (Lipinski definition) is 2. The third-order valence-corrected chi connectivity index (χ3v) is 3.10. The van der Waals surface area contributed by atoms with Crippen LogP contribution in [0.1, 0.15) is 58.3 Å². The summed E-state index contributed by atoms with van der Waals surface area (Å²) in [6, 6.07) is 0. The molecule has 0 saturated carbocycles. The molecule has 0 aromatic heterocycles. The molecule has 1 heterocycles. The molecular formula is C13H27NO. The lowest BCUT2D eigenvalue weighted by Gasteiger charge is -2.22. The van der Waals surface area contributed by atoms with Gasteiger partial charge in [-0.3, -0.25) is 0 Å². The van der Waals surface area contributed by atoms with Crippen LogP contribution in [-0.4, -0.2) is 25.8 Å². The van der Waals surface area contributed by atoms with Gasteiger partial charge in [0.2, 0.25) is 0 Å². The third-order valence-electron chi connectivity index (χ3n) is 3.10. The standard InChI is InChI=1S/C13H27NO/c1-2-3-4-5-6-7-11-15-13-9-8-10-14-12-13/h13-14H,2-12H2,1H3/t13-/m0/s1. The normalized spacial score (nSPS) is 21.8. The van der Waals surface area contributed by atoms with Crippen molar-refractivity contribution in [2.75, 3.05) is 19.7 Å². The highest BCUT2D eigenvalue weighted by Crippen LogP contribution is 2.09. The topological polar surface area (TPSA) is 21.3 Å². The SMILES string of the molecule is CCCCCCCCO[C@H]1CCCNC1. The van der Waals surface area contributed by atoms with Crippen molar-refractivity contribution < 1.29 is 4.74 Å². The van der Waals surface area contributed by atoms with Gasteiger partial charge in [-0.2, -0.15) is 0 Å². The zero-order valence-electron chi connectivity index (χ0n) is 10.3. The van der Waals surface area contributed by atoms with Crippen LogP contribution in [0.5, 0.6) is 0 Å². The molecule has 0 amide bonds. The first-order chi connectivity index (χ1) is 7.43. The van der Waals surface area contributed by atoms with E-state index in [0.717, 1.165) is 13.2 Å². The Morgan fingerprint density at radius 3 is 2.67 bits per heavy atom. The minimum atomic E-state index is 0.495. The molecule has 15 heavy (non-hydrogen) atoms. The molecule has 0 unspecified atom stereocenters. The smallest absolute Gasteiger partial charge is 0.0699 e. The van der Waals surface area contributed by atoms with E-state index in [2.05, 4.69) is 12.2 Å². The Hall–Kier alpha value is -0.0800. The van der Waals surface area contributed by atoms with Crippen molar-refractivity contribution in [2.24, 2.45) is 0 Å². The van der Waals surface area contributed by atoms with E-state index in [4.69, 9.17) is 4.74 Å². The Kier molecular flexibility index (Phi) is 7.94. The first-order valence-electron chi connectivity index (χ1n) is 6.76. The van der Waals surface area contributed by atoms with Gasteiger partial charge in [0.15, 0.2) is 0 Å². The molecule has 90 valence electrons. The van der Waals surface area contributed by atoms with Crippen molar-refractivity contribution >= 4 is 0 Å². The Balaban J connectivity index is 1.79. The highest BCUT2D eigenvalue weighted by molar-refractivity contribution is 4.68. The van der Waals surface area contributed by atoms with Gasteiger partial charge in [0.1, 0.15) is 0 Å². The van der Waals surface area contributed by atoms with Gasteiger partial charge in [0.25, 0.3) is 0 Å². The monoisotopic (exact) mass is 213 g/mol. The Bertz CT molecular complexity index is 132. The molecule has 0 aromatic carbocycles. The zero-order chi connectivity index (χ0) is 10.8. The molecule has 1 atom stereocenters. The van der Waals surface area contributed by atoms with Crippen LogP contribution in [0.2, 0.25) is 0 Å². The molecule has 2 heteroatoms. The van der Waals surface area contributed by atoms with Crippen molar-refractivity contribution in [3.05, 3.63) is 0 Å². The van der Waals surface area contributed by atoms with Gasteiger partial charge in [0, 0.05) is 13.2 Å². The van der Waals surface area contributed by atoms with Crippen LogP contribution in [0.4, 0.5) is 0 Å². The second-order valence-corrected chi connectivity index (χ2v) is 4.61. The van der Waals surface area contributed by atoms with E-state index in [1.165, 1.54) is 57.9 Å². The second kappa shape index (κ2) is 9.17. The minimum absolute atomic E-state index is 0.495. The summed E-state index contributed by atoms with van der Waals surface area (Å²) >= 11 is 0. The van der Waals surface area contributed by atoms with Crippen molar-refractivity contribution in [3.8, 4) is 0 Å². The van der Waals surface area contributed by atoms with Crippen molar-refractivity contribution in [2.45, 2.75) is 64.4 Å². The maximum absolute atomic E-state index is 5.83. The fourth-order valence-corrected chi connectivity index (χ4v) is 2.09. The first kappa shape index (κ1) is 13.0. The molecule has 1 aliphatic heterocycles. The van der Waals surface area contributed by atoms with Crippen LogP contribution in [0, 0.1) is 0 Å². The second-order valence-electron chi connectivity index (χ2n) is 4.61. The molecule has 1 N–H and O–H groups in total. The van der Waals surface area contributed by atoms with Crippen molar-refractivity contribution in [1.82, 2.24) is 5.32 Å². The van der Waals surface area contributed by atoms with Crippen LogP contribution in [0.15, 0.2) is 0 Å². The van der Waals surface area contributed by atoms with Gasteiger partial charge < -0.3 is 10.1 Å². The highest BCUT2D eigenvalue weighted by Gasteiger charge is 2.12. The number of piperidine rings is 1. The van der Waals surface area contributed by atoms with E-state index in [9.17, 15) is 0 Å². The summed E-state index contributed by atoms with van der Waals surface area (Å²) in [7, 11) is 0. The number of nitrogens with one attached hydrogen (secondary N) is 1. The summed E-state index contributed by atoms with van der Waals surface area (Å²) < 4.78 is 5.83. The summed E-state index contributed by atoms with van der Waals surface area (Å²) in [5.74, 6) is 0. The van der Waals surface area contributed by atoms with Crippen LogP contribution < -0.4 is 5.32 Å². The van der Waals surface area contributed by atoms with Crippen molar-refractivity contribution in [3.63, 3.8) is 0 Å². The maximum atomic E-state index is 5.83. The maximum Gasteiger partial charge on any atom is 0.0699 e. The summed E-state index contributed by atoms with van der Waals surface area (Å²) in [6.07, 6.45) is 11.2. The predicted molar refractivity (Wildman–Crippen MR) is 65.2 cm³/mol. The lowest BCUT2D eigenvalue weighted by Crippen LogP contribution is -2.35. The van der Waals surface area contributed by atoms with Gasteiger partial charge in [-0.05, 0) is 25.8 Å². The van der Waals surface area contributed by atoms with E-state index in [-0.39, 0.29) is 0 Å². The lowest BCUT2D eigenvalue weighted by atomic mass is 10.1. The number of ether oxygens (including phenoxy) is 1. The van der Waals surface area contributed by atoms with Gasteiger partial charge in [-0.25, -0.2) is 0 Å². The van der Waals surface area contributed by atoms with Crippen LogP contribution >= 0.6 is 0 Å². The summed E-state index contributed by atoms with van der Waals surface area (Å²) in [5, 5.41) is 3.38. The molecule has 0 radical (unpaired) electrons. The van der Waals surface area contributed by atoms with Gasteiger partial charge in [-0.15, -0.1) is 0 Å². The number of hydrogen-bond donors (Lipinski definition) is 1. The van der Waals surface area contributed by atoms with E-state index in [1.54, 1.807) is 0 Å². The largest absolute Gasteiger partial charge is 0.377 e. The molecule has 0 aromatic rings. The molecule has 1 saturated heterocycles. The van der Waals surface area contributed by atoms with Crippen LogP contribution in [-0.2, 0) is 4.74 Å². The molecule has 1 fully saturated rings. The number of unbranched alkanes of at least 4 members (excludes halogenated alkanes) is 5. The van der Waals surface area contributed by atoms with Crippen molar-refractivity contribution in [1.29, 1.82) is 0 Å². The third kappa shape index (κ3) is 6.91. The van der Waals surface area contributed by atoms with Gasteiger partial charge in [-0.1, -0.05) is 39.0 Å². The average Bonchev–Trinajstić information content (AvgIpc) is 2.29. The fourth-order valence-electron chi connectivity index (χ4n) is 2.09. The van der Waals surface area contributed by atoms with Gasteiger partial charge >= 0.3 is 0 Å². The number of rotatable bonds is 8. The molecule has 0 aliphatic carbocycles. The summed E-state index contributed by atoms with van der Waals surface area (Å²) in [6.45, 7) is 5.48. The van der Waals surface area contributed by atoms with Crippen LogP contribution in [0.25, 0.3) is 0 Å². The van der Waals surface area contributed by atoms with E-state index in [0.29, 0.717) is 6.10 Å². The Morgan fingerprint density at radius 2 is 1.93 bits per heavy atom. The lowest BCUT2D eigenvalue weighted by molar-refractivity contribution is 0.0347. The Morgan fingerprint density at radius 1 is 1.13 bits per heavy atom. The van der Waals surface area contributed by atoms with E-state index in [1.807, 2.05) is 0 Å². The summed E-state index contributed by atoms with van der Waals surface area (Å²) in [5.41, 5.74) is 0. The average molecular weight is 213 g/mol. The molecule has 1 rings (SSSR count). The molecule has 1 aliphatic rings. The van der Waals surface area contributed by atoms with E-state index < -0.39 is 0 Å². The quantitative estimate of drug-likeness (QED) is 0.626. The Labute approximate surface area is 94.8 Å². The van der Waals surface area contributed by atoms with E-state index >= 15 is 0 Å². The first-order valence-corrected chi connectivity index (χ1v) is 6.76. The highest BCUT2D eigenvalue weighted by atomic mass is 16.5. The predicted octanol–water partition coefficient (Wildman–Crippen LogP) is 3.12. The van der Waals surface area contributed by atoms with Crippen LogP contribution in [0.3, 0.4) is 0 Å². The minimum Gasteiger partial charge on any atom is -0.377 e. The zero-order valence-corrected chi connectivity index (χ0v) is 10.3. The van der Waals surface area contributed by atoms with Gasteiger partial charge in [0.05, 0.1) is 6.10 Å².